The van der Waals surface area contributed by atoms with Crippen LogP contribution in [-0.4, -0.2) is 48.4 Å². The van der Waals surface area contributed by atoms with Crippen molar-refractivity contribution in [2.75, 3.05) is 27.7 Å². The van der Waals surface area contributed by atoms with Crippen molar-refractivity contribution in [1.29, 1.82) is 0 Å². The Morgan fingerprint density at radius 1 is 1.33 bits per heavy atom. The highest BCUT2D eigenvalue weighted by Gasteiger charge is 2.18. The fourth-order valence-electron chi connectivity index (χ4n) is 1.43. The number of aromatic nitrogens is 1. The van der Waals surface area contributed by atoms with Crippen molar-refractivity contribution in [2.24, 2.45) is 0 Å². The van der Waals surface area contributed by atoms with Gasteiger partial charge in [-0.3, -0.25) is 9.69 Å². The predicted octanol–water partition coefficient (Wildman–Crippen LogP) is 1.96. The summed E-state index contributed by atoms with van der Waals surface area (Å²) in [4.78, 5) is 19.8. The van der Waals surface area contributed by atoms with E-state index in [-0.39, 0.29) is 11.3 Å². The standard InChI is InChI=1S/C13H23N3OS/c1-13(2,3)12-14-10(9-18-12)7-16(6)8-11(17)15(4)5/h9H,7-8H2,1-6H3. The highest BCUT2D eigenvalue weighted by Crippen LogP contribution is 2.25. The Labute approximate surface area is 114 Å². The average molecular weight is 269 g/mol. The summed E-state index contributed by atoms with van der Waals surface area (Å²) in [6.07, 6.45) is 0. The van der Waals surface area contributed by atoms with Crippen LogP contribution in [0.1, 0.15) is 31.5 Å². The maximum atomic E-state index is 11.6. The van der Waals surface area contributed by atoms with Gasteiger partial charge < -0.3 is 4.90 Å². The SMILES string of the molecule is CN(CC(=O)N(C)C)Cc1csc(C(C)(C)C)n1. The molecule has 1 heterocycles. The summed E-state index contributed by atoms with van der Waals surface area (Å²) in [5.41, 5.74) is 1.14. The quantitative estimate of drug-likeness (QED) is 0.838. The number of nitrogens with zero attached hydrogens (tertiary/aromatic N) is 3. The molecule has 0 aliphatic heterocycles. The number of carbonyl (C=O) groups excluding carboxylic acids is 1. The summed E-state index contributed by atoms with van der Waals surface area (Å²) in [7, 11) is 5.49. The number of thiazole rings is 1. The number of hydrogen-bond acceptors (Lipinski definition) is 4. The number of hydrogen-bond donors (Lipinski definition) is 0. The predicted molar refractivity (Wildman–Crippen MR) is 75.8 cm³/mol. The highest BCUT2D eigenvalue weighted by molar-refractivity contribution is 7.09. The first-order valence-corrected chi connectivity index (χ1v) is 6.91. The van der Waals surface area contributed by atoms with Crippen LogP contribution in [0.3, 0.4) is 0 Å². The Morgan fingerprint density at radius 3 is 2.39 bits per heavy atom. The molecular formula is C13H23N3OS. The average Bonchev–Trinajstić information content (AvgIpc) is 2.64. The monoisotopic (exact) mass is 269 g/mol. The maximum Gasteiger partial charge on any atom is 0.236 e. The number of rotatable bonds is 4. The van der Waals surface area contributed by atoms with E-state index in [9.17, 15) is 4.79 Å². The Balaban J connectivity index is 2.58. The second-order valence-corrected chi connectivity index (χ2v) is 6.71. The molecule has 0 aliphatic carbocycles. The molecule has 0 N–H and O–H groups in total. The number of amides is 1. The van der Waals surface area contributed by atoms with Crippen LogP contribution in [-0.2, 0) is 16.8 Å². The third kappa shape index (κ3) is 4.38. The summed E-state index contributed by atoms with van der Waals surface area (Å²) in [6, 6.07) is 0. The van der Waals surface area contributed by atoms with E-state index in [1.807, 2.05) is 11.9 Å². The number of carbonyl (C=O) groups is 1. The van der Waals surface area contributed by atoms with Gasteiger partial charge in [-0.05, 0) is 7.05 Å². The lowest BCUT2D eigenvalue weighted by Crippen LogP contribution is -2.34. The molecule has 0 aliphatic rings. The van der Waals surface area contributed by atoms with Crippen LogP contribution in [0.15, 0.2) is 5.38 Å². The summed E-state index contributed by atoms with van der Waals surface area (Å²) >= 11 is 1.69. The van der Waals surface area contributed by atoms with Gasteiger partial charge in [-0.2, -0.15) is 0 Å². The van der Waals surface area contributed by atoms with E-state index in [4.69, 9.17) is 0 Å². The molecule has 18 heavy (non-hydrogen) atoms. The van der Waals surface area contributed by atoms with Crippen LogP contribution >= 0.6 is 11.3 Å². The van der Waals surface area contributed by atoms with Crippen molar-refractivity contribution >= 4 is 17.2 Å². The van der Waals surface area contributed by atoms with E-state index in [0.717, 1.165) is 10.7 Å². The minimum Gasteiger partial charge on any atom is -0.348 e. The summed E-state index contributed by atoms with van der Waals surface area (Å²) in [6.45, 7) is 7.63. The maximum absolute atomic E-state index is 11.6. The van der Waals surface area contributed by atoms with Crippen LogP contribution in [0.2, 0.25) is 0 Å². The van der Waals surface area contributed by atoms with E-state index in [1.54, 1.807) is 30.3 Å². The molecule has 5 heteroatoms. The van der Waals surface area contributed by atoms with Gasteiger partial charge in [0.25, 0.3) is 0 Å². The van der Waals surface area contributed by atoms with Gasteiger partial charge in [0.05, 0.1) is 17.2 Å². The van der Waals surface area contributed by atoms with Crippen molar-refractivity contribution in [2.45, 2.75) is 32.7 Å². The Morgan fingerprint density at radius 2 is 1.94 bits per heavy atom. The molecule has 1 rings (SSSR count). The van der Waals surface area contributed by atoms with Crippen LogP contribution in [0.5, 0.6) is 0 Å². The molecule has 0 fully saturated rings. The second-order valence-electron chi connectivity index (χ2n) is 5.85. The lowest BCUT2D eigenvalue weighted by atomic mass is 9.98. The number of likely N-dealkylation sites (N-methyl/N-ethyl adjacent to an activating group) is 2. The Hall–Kier alpha value is -0.940. The van der Waals surface area contributed by atoms with E-state index < -0.39 is 0 Å². The van der Waals surface area contributed by atoms with Crippen molar-refractivity contribution in [1.82, 2.24) is 14.8 Å². The van der Waals surface area contributed by atoms with Crippen LogP contribution in [0.4, 0.5) is 0 Å². The fraction of sp³-hybridized carbons (Fsp3) is 0.692. The molecule has 4 nitrogen and oxygen atoms in total. The fourth-order valence-corrected chi connectivity index (χ4v) is 2.33. The molecule has 0 unspecified atom stereocenters. The Bertz CT molecular complexity index is 407. The molecule has 1 amide bonds. The van der Waals surface area contributed by atoms with Crippen molar-refractivity contribution in [3.63, 3.8) is 0 Å². The Kier molecular flexibility index (Phi) is 4.87. The molecular weight excluding hydrogens is 246 g/mol. The van der Waals surface area contributed by atoms with Crippen LogP contribution in [0.25, 0.3) is 0 Å². The first kappa shape index (κ1) is 15.1. The van der Waals surface area contributed by atoms with Gasteiger partial charge in [0.1, 0.15) is 0 Å². The van der Waals surface area contributed by atoms with Gasteiger partial charge in [-0.25, -0.2) is 4.98 Å². The molecule has 1 aromatic rings. The third-order valence-corrected chi connectivity index (χ3v) is 3.85. The minimum atomic E-state index is 0.0982. The van der Waals surface area contributed by atoms with Gasteiger partial charge in [0.2, 0.25) is 5.91 Å². The molecule has 0 saturated carbocycles. The van der Waals surface area contributed by atoms with Gasteiger partial charge in [-0.15, -0.1) is 11.3 Å². The van der Waals surface area contributed by atoms with E-state index in [0.29, 0.717) is 13.1 Å². The zero-order valence-electron chi connectivity index (χ0n) is 12.1. The topological polar surface area (TPSA) is 36.4 Å². The lowest BCUT2D eigenvalue weighted by molar-refractivity contribution is -0.129. The molecule has 1 aromatic heterocycles. The zero-order valence-corrected chi connectivity index (χ0v) is 13.0. The summed E-state index contributed by atoms with van der Waals surface area (Å²) in [5.74, 6) is 0.115. The van der Waals surface area contributed by atoms with Gasteiger partial charge in [0.15, 0.2) is 0 Å². The normalized spacial score (nSPS) is 11.9. The summed E-state index contributed by atoms with van der Waals surface area (Å²) < 4.78 is 0. The van der Waals surface area contributed by atoms with Gasteiger partial charge in [0, 0.05) is 31.4 Å². The smallest absolute Gasteiger partial charge is 0.236 e. The highest BCUT2D eigenvalue weighted by atomic mass is 32.1. The van der Waals surface area contributed by atoms with E-state index in [1.165, 1.54) is 0 Å². The molecule has 0 aromatic carbocycles. The molecule has 0 bridgehead atoms. The largest absolute Gasteiger partial charge is 0.348 e. The van der Waals surface area contributed by atoms with Gasteiger partial charge in [-0.1, -0.05) is 20.8 Å². The molecule has 0 saturated heterocycles. The minimum absolute atomic E-state index is 0.0982. The molecule has 0 radical (unpaired) electrons. The second kappa shape index (κ2) is 5.80. The third-order valence-electron chi connectivity index (χ3n) is 2.53. The summed E-state index contributed by atoms with van der Waals surface area (Å²) in [5, 5.41) is 3.22. The van der Waals surface area contributed by atoms with Gasteiger partial charge >= 0.3 is 0 Å². The molecule has 102 valence electrons. The van der Waals surface area contributed by atoms with E-state index >= 15 is 0 Å². The van der Waals surface area contributed by atoms with E-state index in [2.05, 4.69) is 31.1 Å². The van der Waals surface area contributed by atoms with Crippen LogP contribution < -0.4 is 0 Å². The molecule has 0 spiro atoms. The first-order valence-electron chi connectivity index (χ1n) is 6.03. The molecule has 0 atom stereocenters. The zero-order chi connectivity index (χ0) is 13.9. The van der Waals surface area contributed by atoms with Crippen LogP contribution in [0, 0.1) is 0 Å². The first-order chi connectivity index (χ1) is 8.20. The van der Waals surface area contributed by atoms with Crippen molar-refractivity contribution in [3.05, 3.63) is 16.1 Å². The van der Waals surface area contributed by atoms with Crippen molar-refractivity contribution < 1.29 is 4.79 Å². The lowest BCUT2D eigenvalue weighted by Gasteiger charge is -2.18. The van der Waals surface area contributed by atoms with Crippen molar-refractivity contribution in [3.8, 4) is 0 Å².